The average molecular weight is 376 g/mol. The summed E-state index contributed by atoms with van der Waals surface area (Å²) in [6, 6.07) is 18.9. The van der Waals surface area contributed by atoms with Crippen molar-refractivity contribution in [3.63, 3.8) is 0 Å². The summed E-state index contributed by atoms with van der Waals surface area (Å²) in [5, 5.41) is 0. The van der Waals surface area contributed by atoms with E-state index in [0.29, 0.717) is 0 Å². The molecule has 0 aromatic heterocycles. The third-order valence-electron chi connectivity index (χ3n) is 3.83. The van der Waals surface area contributed by atoms with Gasteiger partial charge in [-0.3, -0.25) is 9.59 Å². The van der Waals surface area contributed by atoms with Gasteiger partial charge < -0.3 is 20.9 Å². The molecule has 28 heavy (non-hydrogen) atoms. The van der Waals surface area contributed by atoms with Crippen LogP contribution in [-0.4, -0.2) is 17.8 Å². The molecule has 0 aliphatic carbocycles. The Labute approximate surface area is 160 Å². The van der Waals surface area contributed by atoms with Gasteiger partial charge in [-0.2, -0.15) is 0 Å². The topological polar surface area (TPSA) is 122 Å². The summed E-state index contributed by atoms with van der Waals surface area (Å²) in [6.07, 6.45) is 0. The molecule has 0 unspecified atom stereocenters. The number of para-hydroxylation sites is 3. The Morgan fingerprint density at radius 2 is 0.964 bits per heavy atom. The van der Waals surface area contributed by atoms with Gasteiger partial charge in [0, 0.05) is 0 Å². The standard InChI is InChI=1S/C21H16N2O5/c22-19(24)13-7-1-4-10-16(13)27-18-12-6-3-9-15(18)21(26)28-17-11-5-2-8-14(17)20(23)25/h1-12H,(H2,22,24)(H2,23,25). The van der Waals surface area contributed by atoms with Crippen LogP contribution in [0.4, 0.5) is 0 Å². The molecular weight excluding hydrogens is 360 g/mol. The lowest BCUT2D eigenvalue weighted by Gasteiger charge is -2.13. The number of esters is 1. The number of primary amides is 2. The van der Waals surface area contributed by atoms with Crippen LogP contribution in [0.3, 0.4) is 0 Å². The number of rotatable bonds is 6. The van der Waals surface area contributed by atoms with E-state index >= 15 is 0 Å². The first-order chi connectivity index (χ1) is 13.5. The van der Waals surface area contributed by atoms with Gasteiger partial charge in [-0.1, -0.05) is 36.4 Å². The van der Waals surface area contributed by atoms with Gasteiger partial charge in [-0.15, -0.1) is 0 Å². The molecule has 0 spiro atoms. The molecule has 0 aliphatic heterocycles. The summed E-state index contributed by atoms with van der Waals surface area (Å²) < 4.78 is 11.1. The monoisotopic (exact) mass is 376 g/mol. The molecule has 0 bridgehead atoms. The summed E-state index contributed by atoms with van der Waals surface area (Å²) in [6.45, 7) is 0. The lowest BCUT2D eigenvalue weighted by molar-refractivity contribution is 0.0730. The number of hydrogen-bond acceptors (Lipinski definition) is 5. The highest BCUT2D eigenvalue weighted by Crippen LogP contribution is 2.29. The molecule has 0 saturated carbocycles. The van der Waals surface area contributed by atoms with Crippen molar-refractivity contribution >= 4 is 17.8 Å². The molecule has 2 amide bonds. The predicted octanol–water partition coefficient (Wildman–Crippen LogP) is 2.90. The second-order valence-electron chi connectivity index (χ2n) is 5.71. The van der Waals surface area contributed by atoms with Crippen LogP contribution in [0.1, 0.15) is 31.1 Å². The number of benzene rings is 3. The van der Waals surface area contributed by atoms with Crippen molar-refractivity contribution < 1.29 is 23.9 Å². The highest BCUT2D eigenvalue weighted by atomic mass is 16.5. The van der Waals surface area contributed by atoms with Crippen molar-refractivity contribution in [2.75, 3.05) is 0 Å². The minimum absolute atomic E-state index is 0.0346. The fourth-order valence-electron chi connectivity index (χ4n) is 2.52. The highest BCUT2D eigenvalue weighted by Gasteiger charge is 2.19. The number of hydrogen-bond donors (Lipinski definition) is 2. The minimum Gasteiger partial charge on any atom is -0.456 e. The first kappa shape index (κ1) is 18.7. The average Bonchev–Trinajstić information content (AvgIpc) is 2.69. The van der Waals surface area contributed by atoms with Gasteiger partial charge in [-0.05, 0) is 36.4 Å². The van der Waals surface area contributed by atoms with Crippen molar-refractivity contribution in [3.8, 4) is 17.2 Å². The fourth-order valence-corrected chi connectivity index (χ4v) is 2.52. The van der Waals surface area contributed by atoms with Crippen LogP contribution < -0.4 is 20.9 Å². The molecule has 4 N–H and O–H groups in total. The lowest BCUT2D eigenvalue weighted by atomic mass is 10.1. The van der Waals surface area contributed by atoms with Crippen LogP contribution in [0.2, 0.25) is 0 Å². The molecule has 140 valence electrons. The summed E-state index contributed by atoms with van der Waals surface area (Å²) >= 11 is 0. The van der Waals surface area contributed by atoms with Crippen molar-refractivity contribution in [3.05, 3.63) is 89.5 Å². The van der Waals surface area contributed by atoms with Gasteiger partial charge in [0.1, 0.15) is 22.8 Å². The second-order valence-corrected chi connectivity index (χ2v) is 5.71. The Kier molecular flexibility index (Phi) is 5.36. The molecule has 3 aromatic carbocycles. The molecule has 0 fully saturated rings. The molecule has 3 aromatic rings. The maximum absolute atomic E-state index is 12.7. The first-order valence-corrected chi connectivity index (χ1v) is 8.24. The summed E-state index contributed by atoms with van der Waals surface area (Å²) in [5.74, 6) is -1.73. The Morgan fingerprint density at radius 3 is 1.50 bits per heavy atom. The van der Waals surface area contributed by atoms with E-state index in [9.17, 15) is 14.4 Å². The predicted molar refractivity (Wildman–Crippen MR) is 101 cm³/mol. The van der Waals surface area contributed by atoms with E-state index in [0.717, 1.165) is 0 Å². The van der Waals surface area contributed by atoms with Crippen LogP contribution in [0.25, 0.3) is 0 Å². The Hall–Kier alpha value is -4.13. The van der Waals surface area contributed by atoms with E-state index in [1.807, 2.05) is 0 Å². The van der Waals surface area contributed by atoms with Crippen molar-refractivity contribution in [1.82, 2.24) is 0 Å². The van der Waals surface area contributed by atoms with E-state index in [-0.39, 0.29) is 33.9 Å². The molecule has 0 atom stereocenters. The summed E-state index contributed by atoms with van der Waals surface area (Å²) in [7, 11) is 0. The van der Waals surface area contributed by atoms with E-state index in [1.165, 1.54) is 24.3 Å². The molecule has 0 heterocycles. The van der Waals surface area contributed by atoms with Crippen LogP contribution in [-0.2, 0) is 0 Å². The Balaban J connectivity index is 1.92. The molecule has 0 aliphatic rings. The maximum Gasteiger partial charge on any atom is 0.347 e. The normalized spacial score (nSPS) is 10.1. The van der Waals surface area contributed by atoms with Gasteiger partial charge in [0.2, 0.25) is 0 Å². The van der Waals surface area contributed by atoms with E-state index in [1.54, 1.807) is 48.5 Å². The van der Waals surface area contributed by atoms with Gasteiger partial charge in [0.05, 0.1) is 11.1 Å². The molecule has 0 radical (unpaired) electrons. The summed E-state index contributed by atoms with van der Waals surface area (Å²) in [4.78, 5) is 35.8. The smallest absolute Gasteiger partial charge is 0.347 e. The number of nitrogens with two attached hydrogens (primary N) is 2. The molecule has 7 nitrogen and oxygen atoms in total. The fraction of sp³-hybridized carbons (Fsp3) is 0. The van der Waals surface area contributed by atoms with Crippen molar-refractivity contribution in [1.29, 1.82) is 0 Å². The first-order valence-electron chi connectivity index (χ1n) is 8.24. The zero-order valence-electron chi connectivity index (χ0n) is 14.6. The largest absolute Gasteiger partial charge is 0.456 e. The van der Waals surface area contributed by atoms with E-state index in [2.05, 4.69) is 0 Å². The Bertz CT molecular complexity index is 1060. The van der Waals surface area contributed by atoms with Crippen LogP contribution in [0.5, 0.6) is 17.2 Å². The van der Waals surface area contributed by atoms with Crippen LogP contribution >= 0.6 is 0 Å². The lowest BCUT2D eigenvalue weighted by Crippen LogP contribution is -2.16. The van der Waals surface area contributed by atoms with Gasteiger partial charge in [0.25, 0.3) is 11.8 Å². The maximum atomic E-state index is 12.7. The zero-order valence-corrected chi connectivity index (χ0v) is 14.6. The molecule has 7 heteroatoms. The third kappa shape index (κ3) is 3.99. The quantitative estimate of drug-likeness (QED) is 0.506. The van der Waals surface area contributed by atoms with E-state index in [4.69, 9.17) is 20.9 Å². The molecular formula is C21H16N2O5. The third-order valence-corrected chi connectivity index (χ3v) is 3.83. The number of carbonyl (C=O) groups excluding carboxylic acids is 3. The second kappa shape index (κ2) is 8.05. The van der Waals surface area contributed by atoms with Gasteiger partial charge in [0.15, 0.2) is 0 Å². The SMILES string of the molecule is NC(=O)c1ccccc1OC(=O)c1ccccc1Oc1ccccc1C(N)=O. The van der Waals surface area contributed by atoms with Crippen molar-refractivity contribution in [2.45, 2.75) is 0 Å². The van der Waals surface area contributed by atoms with E-state index < -0.39 is 17.8 Å². The van der Waals surface area contributed by atoms with Gasteiger partial charge >= 0.3 is 5.97 Å². The minimum atomic E-state index is -0.749. The van der Waals surface area contributed by atoms with Gasteiger partial charge in [-0.25, -0.2) is 4.79 Å². The Morgan fingerprint density at radius 1 is 0.571 bits per heavy atom. The van der Waals surface area contributed by atoms with Crippen LogP contribution in [0.15, 0.2) is 72.8 Å². The molecule has 0 saturated heterocycles. The van der Waals surface area contributed by atoms with Crippen molar-refractivity contribution in [2.24, 2.45) is 11.5 Å². The summed E-state index contributed by atoms with van der Waals surface area (Å²) in [5.41, 5.74) is 11.0. The number of amides is 2. The number of ether oxygens (including phenoxy) is 2. The molecule has 3 rings (SSSR count). The zero-order chi connectivity index (χ0) is 20.1. The number of carbonyl (C=O) groups is 3. The van der Waals surface area contributed by atoms with Crippen LogP contribution in [0, 0.1) is 0 Å². The highest BCUT2D eigenvalue weighted by molar-refractivity contribution is 5.99.